The predicted octanol–water partition coefficient (Wildman–Crippen LogP) is 4.63. The van der Waals surface area contributed by atoms with Crippen molar-refractivity contribution in [3.05, 3.63) is 64.4 Å². The number of ether oxygens (including phenoxy) is 1. The van der Waals surface area contributed by atoms with Crippen molar-refractivity contribution >= 4 is 28.4 Å². The molecular weight excluding hydrogens is 288 g/mol. The normalized spacial score (nSPS) is 10.8. The van der Waals surface area contributed by atoms with Crippen molar-refractivity contribution in [1.29, 1.82) is 0 Å². The molecule has 1 heterocycles. The Bertz CT molecular complexity index is 833. The summed E-state index contributed by atoms with van der Waals surface area (Å²) in [7, 11) is 1.59. The van der Waals surface area contributed by atoms with Crippen molar-refractivity contribution in [3.8, 4) is 5.75 Å². The number of fused-ring (bicyclic) bond motifs is 1. The van der Waals surface area contributed by atoms with Crippen LogP contribution in [0.15, 0.2) is 46.9 Å². The van der Waals surface area contributed by atoms with Gasteiger partial charge in [0.2, 0.25) is 5.78 Å². The molecule has 0 aliphatic rings. The molecule has 0 radical (unpaired) electrons. The first kappa shape index (κ1) is 13.7. The fraction of sp³-hybridized carbons (Fsp3) is 0.118. The second-order valence-electron chi connectivity index (χ2n) is 4.81. The zero-order valence-electron chi connectivity index (χ0n) is 11.6. The number of rotatable bonds is 3. The number of ketones is 1. The highest BCUT2D eigenvalue weighted by Gasteiger charge is 2.15. The van der Waals surface area contributed by atoms with E-state index in [0.29, 0.717) is 27.7 Å². The summed E-state index contributed by atoms with van der Waals surface area (Å²) in [4.78, 5) is 12.5. The molecule has 0 bridgehead atoms. The summed E-state index contributed by atoms with van der Waals surface area (Å²) < 4.78 is 10.8. The van der Waals surface area contributed by atoms with Gasteiger partial charge in [0.05, 0.1) is 7.11 Å². The van der Waals surface area contributed by atoms with E-state index in [9.17, 15) is 4.79 Å². The van der Waals surface area contributed by atoms with Gasteiger partial charge >= 0.3 is 0 Å². The lowest BCUT2D eigenvalue weighted by Gasteiger charge is -2.01. The minimum absolute atomic E-state index is 0.162. The van der Waals surface area contributed by atoms with Gasteiger partial charge in [-0.05, 0) is 48.9 Å². The fourth-order valence-electron chi connectivity index (χ4n) is 2.18. The van der Waals surface area contributed by atoms with Gasteiger partial charge in [0, 0.05) is 22.0 Å². The molecule has 0 atom stereocenters. The predicted molar refractivity (Wildman–Crippen MR) is 82.4 cm³/mol. The highest BCUT2D eigenvalue weighted by molar-refractivity contribution is 6.31. The summed E-state index contributed by atoms with van der Waals surface area (Å²) >= 11 is 5.98. The lowest BCUT2D eigenvalue weighted by molar-refractivity contribution is 0.101. The molecule has 2 aromatic carbocycles. The maximum absolute atomic E-state index is 12.5. The molecule has 0 aliphatic heterocycles. The third kappa shape index (κ3) is 2.52. The average molecular weight is 301 g/mol. The first-order chi connectivity index (χ1) is 10.1. The van der Waals surface area contributed by atoms with Crippen LogP contribution in [0.5, 0.6) is 5.75 Å². The molecule has 0 amide bonds. The number of carbonyl (C=O) groups is 1. The molecule has 1 aromatic heterocycles. The van der Waals surface area contributed by atoms with Gasteiger partial charge in [-0.1, -0.05) is 11.6 Å². The van der Waals surface area contributed by atoms with Crippen molar-refractivity contribution in [1.82, 2.24) is 0 Å². The van der Waals surface area contributed by atoms with Crippen LogP contribution in [0.4, 0.5) is 0 Å². The highest BCUT2D eigenvalue weighted by Crippen LogP contribution is 2.26. The lowest BCUT2D eigenvalue weighted by atomic mass is 10.1. The fourth-order valence-corrected chi connectivity index (χ4v) is 2.30. The third-order valence-corrected chi connectivity index (χ3v) is 3.80. The van der Waals surface area contributed by atoms with Crippen LogP contribution in [-0.4, -0.2) is 12.9 Å². The number of aryl methyl sites for hydroxylation is 1. The van der Waals surface area contributed by atoms with E-state index in [1.165, 1.54) is 0 Å². The van der Waals surface area contributed by atoms with Crippen LogP contribution in [-0.2, 0) is 0 Å². The number of hydrogen-bond acceptors (Lipinski definition) is 3. The van der Waals surface area contributed by atoms with Gasteiger partial charge in [0.1, 0.15) is 11.3 Å². The molecule has 21 heavy (non-hydrogen) atoms. The minimum Gasteiger partial charge on any atom is -0.497 e. The van der Waals surface area contributed by atoms with Gasteiger partial charge < -0.3 is 9.15 Å². The number of furan rings is 1. The van der Waals surface area contributed by atoms with E-state index in [4.69, 9.17) is 20.8 Å². The Morgan fingerprint density at radius 2 is 1.95 bits per heavy atom. The third-order valence-electron chi connectivity index (χ3n) is 3.37. The van der Waals surface area contributed by atoms with Gasteiger partial charge in [-0.2, -0.15) is 0 Å². The van der Waals surface area contributed by atoms with Crippen LogP contribution in [0.1, 0.15) is 21.7 Å². The van der Waals surface area contributed by atoms with E-state index in [1.807, 2.05) is 19.1 Å². The van der Waals surface area contributed by atoms with Crippen molar-refractivity contribution in [2.45, 2.75) is 6.92 Å². The molecule has 0 unspecified atom stereocenters. The zero-order chi connectivity index (χ0) is 15.0. The monoisotopic (exact) mass is 300 g/mol. The maximum Gasteiger partial charge on any atom is 0.228 e. The SMILES string of the molecule is COc1ccc2cc(C(=O)c3ccc(Cl)c(C)c3)oc2c1. The van der Waals surface area contributed by atoms with E-state index in [0.717, 1.165) is 10.9 Å². The van der Waals surface area contributed by atoms with Crippen LogP contribution in [0, 0.1) is 6.92 Å². The van der Waals surface area contributed by atoms with Crippen LogP contribution in [0.25, 0.3) is 11.0 Å². The Balaban J connectivity index is 2.02. The molecule has 0 saturated heterocycles. The smallest absolute Gasteiger partial charge is 0.228 e. The standard InChI is InChI=1S/C17H13ClO3/c1-10-7-12(4-6-14(10)18)17(19)16-8-11-3-5-13(20-2)9-15(11)21-16/h3-9H,1-2H3. The largest absolute Gasteiger partial charge is 0.497 e. The van der Waals surface area contributed by atoms with E-state index >= 15 is 0 Å². The summed E-state index contributed by atoms with van der Waals surface area (Å²) in [5.74, 6) is 0.836. The zero-order valence-corrected chi connectivity index (χ0v) is 12.4. The van der Waals surface area contributed by atoms with Crippen molar-refractivity contribution in [3.63, 3.8) is 0 Å². The van der Waals surface area contributed by atoms with E-state index in [-0.39, 0.29) is 5.78 Å². The first-order valence-corrected chi connectivity index (χ1v) is 6.85. The van der Waals surface area contributed by atoms with Gasteiger partial charge in [0.15, 0.2) is 5.76 Å². The molecule has 3 rings (SSSR count). The lowest BCUT2D eigenvalue weighted by Crippen LogP contribution is -1.99. The molecule has 106 valence electrons. The van der Waals surface area contributed by atoms with Crippen LogP contribution in [0.2, 0.25) is 5.02 Å². The van der Waals surface area contributed by atoms with E-state index in [2.05, 4.69) is 0 Å². The second kappa shape index (κ2) is 5.26. The second-order valence-corrected chi connectivity index (χ2v) is 5.21. The Labute approximate surface area is 127 Å². The van der Waals surface area contributed by atoms with Gasteiger partial charge in [0.25, 0.3) is 0 Å². The number of benzene rings is 2. The molecule has 0 spiro atoms. The number of halogens is 1. The Hall–Kier alpha value is -2.26. The highest BCUT2D eigenvalue weighted by atomic mass is 35.5. The molecule has 0 aliphatic carbocycles. The summed E-state index contributed by atoms with van der Waals surface area (Å²) in [6.45, 7) is 1.86. The molecule has 0 fully saturated rings. The van der Waals surface area contributed by atoms with Crippen molar-refractivity contribution in [2.75, 3.05) is 7.11 Å². The van der Waals surface area contributed by atoms with Crippen molar-refractivity contribution < 1.29 is 13.9 Å². The number of carbonyl (C=O) groups excluding carboxylic acids is 1. The number of hydrogen-bond donors (Lipinski definition) is 0. The van der Waals surface area contributed by atoms with E-state index in [1.54, 1.807) is 37.4 Å². The Morgan fingerprint density at radius 3 is 2.67 bits per heavy atom. The minimum atomic E-state index is -0.162. The molecule has 0 N–H and O–H groups in total. The van der Waals surface area contributed by atoms with Gasteiger partial charge in [-0.3, -0.25) is 4.79 Å². The molecular formula is C17H13ClO3. The summed E-state index contributed by atoms with van der Waals surface area (Å²) in [5, 5.41) is 1.51. The molecule has 3 aromatic rings. The molecule has 0 saturated carbocycles. The number of methoxy groups -OCH3 is 1. The van der Waals surface area contributed by atoms with Gasteiger partial charge in [-0.25, -0.2) is 0 Å². The topological polar surface area (TPSA) is 39.4 Å². The summed E-state index contributed by atoms with van der Waals surface area (Å²) in [6.07, 6.45) is 0. The van der Waals surface area contributed by atoms with Gasteiger partial charge in [-0.15, -0.1) is 0 Å². The molecule has 4 heteroatoms. The summed E-state index contributed by atoms with van der Waals surface area (Å²) in [6, 6.07) is 12.4. The first-order valence-electron chi connectivity index (χ1n) is 6.47. The van der Waals surface area contributed by atoms with E-state index < -0.39 is 0 Å². The quantitative estimate of drug-likeness (QED) is 0.662. The van der Waals surface area contributed by atoms with Crippen LogP contribution in [0.3, 0.4) is 0 Å². The summed E-state index contributed by atoms with van der Waals surface area (Å²) in [5.41, 5.74) is 2.05. The maximum atomic E-state index is 12.5. The van der Waals surface area contributed by atoms with Crippen molar-refractivity contribution in [2.24, 2.45) is 0 Å². The Kier molecular flexibility index (Phi) is 3.43. The average Bonchev–Trinajstić information content (AvgIpc) is 2.92. The van der Waals surface area contributed by atoms with Crippen LogP contribution >= 0.6 is 11.6 Å². The molecule has 3 nitrogen and oxygen atoms in total. The van der Waals surface area contributed by atoms with Crippen LogP contribution < -0.4 is 4.74 Å². The Morgan fingerprint density at radius 1 is 1.14 bits per heavy atom.